The molecular formula is C45H53N3O7S. The monoisotopic (exact) mass is 779 g/mol. The van der Waals surface area contributed by atoms with Crippen LogP contribution in [0.25, 0.3) is 5.53 Å². The number of rotatable bonds is 18. The lowest BCUT2D eigenvalue weighted by Gasteiger charge is -2.09. The number of carboxylic acids is 1. The molecule has 4 aromatic rings. The van der Waals surface area contributed by atoms with Crippen LogP contribution in [0.4, 0.5) is 5.69 Å². The number of benzene rings is 4. The number of nitrogens with zero attached hydrogens (tertiary/aromatic N) is 2. The summed E-state index contributed by atoms with van der Waals surface area (Å²) >= 11 is 0. The first-order valence-electron chi connectivity index (χ1n) is 19.1. The van der Waals surface area contributed by atoms with Gasteiger partial charge < -0.3 is 20.7 Å². The molecule has 0 aliphatic heterocycles. The molecule has 0 fully saturated rings. The molecule has 0 saturated carbocycles. The van der Waals surface area contributed by atoms with E-state index in [9.17, 15) is 22.6 Å². The lowest BCUT2D eigenvalue weighted by molar-refractivity contribution is -0.00541. The molecule has 1 aliphatic rings. The number of aromatic carboxylic acids is 1. The number of carbonyl (C=O) groups excluding carboxylic acids is 1. The van der Waals surface area contributed by atoms with Crippen molar-refractivity contribution in [2.24, 2.45) is 0 Å². The van der Waals surface area contributed by atoms with Crippen molar-refractivity contribution in [2.75, 3.05) is 5.32 Å². The molecule has 5 rings (SSSR count). The van der Waals surface area contributed by atoms with Gasteiger partial charge in [0.15, 0.2) is 6.29 Å². The topological polar surface area (TPSA) is 166 Å². The van der Waals surface area contributed by atoms with Crippen LogP contribution in [-0.2, 0) is 16.5 Å². The Labute approximate surface area is 331 Å². The smallest absolute Gasteiger partial charge is 0.335 e. The van der Waals surface area contributed by atoms with Gasteiger partial charge in [-0.2, -0.15) is 13.2 Å². The quantitative estimate of drug-likeness (QED) is 0.0295. The van der Waals surface area contributed by atoms with Crippen molar-refractivity contribution in [3.63, 3.8) is 0 Å². The number of carbonyl (C=O) groups is 2. The summed E-state index contributed by atoms with van der Waals surface area (Å²) in [6, 6.07) is 28.4. The normalized spacial score (nSPS) is 11.8. The van der Waals surface area contributed by atoms with Crippen molar-refractivity contribution in [2.45, 2.75) is 95.8 Å². The summed E-state index contributed by atoms with van der Waals surface area (Å²) in [5, 5.41) is 12.0. The summed E-state index contributed by atoms with van der Waals surface area (Å²) < 4.78 is 37.3. The standard InChI is InChI=1S/C19H30O4S.C13H13N3.C13H10O3/c1-2-3-4-5-6-7-8-9-10-11-13-17-14-12-15-19(18(17)16-20)24(21,22)23;1-10-2-4-11(5-3-10)15-12-6-8-13(16-14)9-7-12;14-13(15)10-6-8-12(9-7-10)16-11-4-2-1-3-5-11/h12,14-16H,2-11,13H2,1H3,(H,21,22,23);2-8,15H,9H2,1H3;1-9H,(H,14,15). The second-order valence-corrected chi connectivity index (χ2v) is 14.8. The number of nitrogens with one attached hydrogen (secondary N) is 1. The SMILES string of the molecule is CCCCCCCCCCCCc1cccc(S(=O)(=O)O)c1C=O.Cc1ccc(NC2=CCC(=[N+]=[N-])C=C2)cc1.O=C(O)c1ccc(Oc2ccccc2)cc1. The number of aryl methyl sites for hydroxylation is 2. The van der Waals surface area contributed by atoms with E-state index >= 15 is 0 Å². The number of unbranched alkanes of at least 4 members (excludes halogenated alkanes) is 9. The molecule has 0 heterocycles. The first-order valence-corrected chi connectivity index (χ1v) is 20.5. The number of hydrogen-bond acceptors (Lipinski definition) is 6. The van der Waals surface area contributed by atoms with Crippen LogP contribution in [0, 0.1) is 6.92 Å². The van der Waals surface area contributed by atoms with Crippen LogP contribution in [0.15, 0.2) is 126 Å². The molecule has 0 saturated heterocycles. The molecule has 0 spiro atoms. The van der Waals surface area contributed by atoms with Gasteiger partial charge in [0.2, 0.25) is 0 Å². The fraction of sp³-hybridized carbons (Fsp3) is 0.311. The molecule has 0 bridgehead atoms. The second-order valence-electron chi connectivity index (χ2n) is 13.4. The molecule has 0 aromatic heterocycles. The van der Waals surface area contributed by atoms with Crippen molar-refractivity contribution < 1.29 is 37.2 Å². The van der Waals surface area contributed by atoms with Gasteiger partial charge in [0.05, 0.1) is 12.0 Å². The second kappa shape index (κ2) is 24.7. The van der Waals surface area contributed by atoms with Crippen LogP contribution in [0.2, 0.25) is 0 Å². The molecule has 0 atom stereocenters. The number of allylic oxidation sites excluding steroid dienone is 3. The molecule has 56 heavy (non-hydrogen) atoms. The Morgan fingerprint density at radius 2 is 1.41 bits per heavy atom. The zero-order chi connectivity index (χ0) is 40.6. The first kappa shape index (κ1) is 44.8. The van der Waals surface area contributed by atoms with Crippen molar-refractivity contribution >= 4 is 33.8 Å². The third kappa shape index (κ3) is 16.8. The maximum atomic E-state index is 11.3. The minimum absolute atomic E-state index is 0.0934. The van der Waals surface area contributed by atoms with Gasteiger partial charge in [-0.1, -0.05) is 113 Å². The van der Waals surface area contributed by atoms with E-state index in [4.69, 9.17) is 15.4 Å². The highest BCUT2D eigenvalue weighted by molar-refractivity contribution is 7.86. The highest BCUT2D eigenvalue weighted by Gasteiger charge is 2.17. The molecular weight excluding hydrogens is 727 g/mol. The Hall–Kier alpha value is -5.61. The average Bonchev–Trinajstić information content (AvgIpc) is 3.20. The van der Waals surface area contributed by atoms with Crippen LogP contribution < -0.4 is 10.1 Å². The van der Waals surface area contributed by atoms with Gasteiger partial charge in [-0.05, 0) is 92.1 Å². The third-order valence-corrected chi connectivity index (χ3v) is 9.80. The van der Waals surface area contributed by atoms with Gasteiger partial charge in [-0.15, -0.1) is 0 Å². The average molecular weight is 780 g/mol. The van der Waals surface area contributed by atoms with Gasteiger partial charge in [-0.25, -0.2) is 4.79 Å². The van der Waals surface area contributed by atoms with Crippen molar-refractivity contribution in [1.82, 2.24) is 0 Å². The minimum Gasteiger partial charge on any atom is -0.478 e. The van der Waals surface area contributed by atoms with Crippen LogP contribution in [0.5, 0.6) is 11.5 Å². The number of para-hydroxylation sites is 1. The van der Waals surface area contributed by atoms with E-state index < -0.39 is 16.1 Å². The fourth-order valence-corrected chi connectivity index (χ4v) is 6.47. The Morgan fingerprint density at radius 3 is 1.95 bits per heavy atom. The zero-order valence-corrected chi connectivity index (χ0v) is 33.1. The maximum absolute atomic E-state index is 11.3. The van der Waals surface area contributed by atoms with E-state index in [2.05, 4.69) is 36.1 Å². The van der Waals surface area contributed by atoms with E-state index in [-0.39, 0.29) is 16.0 Å². The number of carboxylic acid groups (broad SMARTS) is 1. The predicted molar refractivity (Wildman–Crippen MR) is 222 cm³/mol. The number of ether oxygens (including phenoxy) is 1. The van der Waals surface area contributed by atoms with Crippen LogP contribution in [0.1, 0.15) is 109 Å². The van der Waals surface area contributed by atoms with Crippen molar-refractivity contribution in [3.05, 3.63) is 149 Å². The van der Waals surface area contributed by atoms with Gasteiger partial charge >= 0.3 is 5.97 Å². The van der Waals surface area contributed by atoms with Crippen molar-refractivity contribution in [1.29, 1.82) is 0 Å². The molecule has 0 radical (unpaired) electrons. The van der Waals surface area contributed by atoms with E-state index in [0.717, 1.165) is 30.0 Å². The largest absolute Gasteiger partial charge is 0.478 e. The summed E-state index contributed by atoms with van der Waals surface area (Å²) in [5.41, 5.74) is 13.6. The fourth-order valence-electron chi connectivity index (χ4n) is 5.77. The lowest BCUT2D eigenvalue weighted by Crippen LogP contribution is -2.05. The van der Waals surface area contributed by atoms with Gasteiger partial charge in [0, 0.05) is 23.0 Å². The molecule has 4 aromatic carbocycles. The summed E-state index contributed by atoms with van der Waals surface area (Å²) in [5.74, 6) is 0.410. The molecule has 296 valence electrons. The molecule has 1 aliphatic carbocycles. The Morgan fingerprint density at radius 1 is 0.804 bits per heavy atom. The summed E-state index contributed by atoms with van der Waals surface area (Å²) in [6.07, 6.45) is 19.8. The van der Waals surface area contributed by atoms with Crippen molar-refractivity contribution in [3.8, 4) is 11.5 Å². The third-order valence-electron chi connectivity index (χ3n) is 8.89. The maximum Gasteiger partial charge on any atom is 0.335 e. The highest BCUT2D eigenvalue weighted by Crippen LogP contribution is 2.22. The summed E-state index contributed by atoms with van der Waals surface area (Å²) in [6.45, 7) is 4.29. The van der Waals surface area contributed by atoms with Crippen LogP contribution >= 0.6 is 0 Å². The summed E-state index contributed by atoms with van der Waals surface area (Å²) in [7, 11) is -4.35. The Bertz CT molecular complexity index is 2040. The van der Waals surface area contributed by atoms with E-state index in [1.54, 1.807) is 30.3 Å². The highest BCUT2D eigenvalue weighted by atomic mass is 32.2. The molecule has 0 unspecified atom stereocenters. The van der Waals surface area contributed by atoms with Gasteiger partial charge in [-0.3, -0.25) is 9.35 Å². The van der Waals surface area contributed by atoms with Gasteiger partial charge in [0.25, 0.3) is 15.8 Å². The van der Waals surface area contributed by atoms with E-state index in [1.807, 2.05) is 54.6 Å². The molecule has 3 N–H and O–H groups in total. The van der Waals surface area contributed by atoms with Gasteiger partial charge in [0.1, 0.15) is 16.4 Å². The Balaban J connectivity index is 0.000000232. The zero-order valence-electron chi connectivity index (χ0n) is 32.3. The predicted octanol–water partition coefficient (Wildman–Crippen LogP) is 11.3. The van der Waals surface area contributed by atoms with E-state index in [1.165, 1.54) is 75.1 Å². The summed E-state index contributed by atoms with van der Waals surface area (Å²) in [4.78, 5) is 24.7. The number of anilines is 1. The lowest BCUT2D eigenvalue weighted by atomic mass is 10.0. The number of hydrogen-bond donors (Lipinski definition) is 3. The first-order chi connectivity index (χ1) is 27.0. The van der Waals surface area contributed by atoms with Crippen LogP contribution in [-0.4, -0.2) is 40.8 Å². The number of aldehydes is 1. The minimum atomic E-state index is -4.35. The Kier molecular flexibility index (Phi) is 19.8. The van der Waals surface area contributed by atoms with E-state index in [0.29, 0.717) is 36.2 Å². The molecule has 0 amide bonds. The van der Waals surface area contributed by atoms with Crippen LogP contribution in [0.3, 0.4) is 0 Å². The molecule has 11 heteroatoms. The molecule has 10 nitrogen and oxygen atoms in total.